The molecule has 0 radical (unpaired) electrons. The fourth-order valence-corrected chi connectivity index (χ4v) is 6.54. The molecule has 0 amide bonds. The summed E-state index contributed by atoms with van der Waals surface area (Å²) in [4.78, 5) is 6.17. The van der Waals surface area contributed by atoms with Gasteiger partial charge in [0.25, 0.3) is 0 Å². The van der Waals surface area contributed by atoms with Gasteiger partial charge in [-0.3, -0.25) is 0 Å². The summed E-state index contributed by atoms with van der Waals surface area (Å²) in [5.74, 6) is 0. The van der Waals surface area contributed by atoms with E-state index < -0.39 is 10.0 Å². The Labute approximate surface area is 176 Å². The zero-order valence-electron chi connectivity index (χ0n) is 16.9. The van der Waals surface area contributed by atoms with Gasteiger partial charge in [-0.25, -0.2) is 13.4 Å². The fraction of sp³-hybridized carbons (Fsp3) is 0.571. The maximum Gasteiger partial charge on any atom is 0.243 e. The molecule has 2 heterocycles. The van der Waals surface area contributed by atoms with Crippen molar-refractivity contribution in [2.24, 2.45) is 4.99 Å². The number of aromatic nitrogens is 1. The van der Waals surface area contributed by atoms with E-state index >= 15 is 0 Å². The first-order valence-electron chi connectivity index (χ1n) is 10.4. The molecule has 1 saturated carbocycles. The minimum absolute atomic E-state index is 0.317. The van der Waals surface area contributed by atoms with Crippen LogP contribution in [0.1, 0.15) is 50.3 Å². The Morgan fingerprint density at radius 2 is 1.69 bits per heavy atom. The van der Waals surface area contributed by atoms with E-state index in [1.165, 1.54) is 48.5 Å². The summed E-state index contributed by atoms with van der Waals surface area (Å²) in [6, 6.07) is 7.46. The van der Waals surface area contributed by atoms with Crippen molar-refractivity contribution in [3.63, 3.8) is 0 Å². The van der Waals surface area contributed by atoms with Crippen LogP contribution in [0.3, 0.4) is 0 Å². The second-order valence-corrected chi connectivity index (χ2v) is 10.6. The van der Waals surface area contributed by atoms with Crippen LogP contribution in [0.5, 0.6) is 0 Å². The smallest absolute Gasteiger partial charge is 0.243 e. The third kappa shape index (κ3) is 4.66. The number of hydrogen-bond donors (Lipinski definition) is 0. The lowest BCUT2D eigenvalue weighted by Gasteiger charge is -2.26. The Kier molecular flexibility index (Phi) is 6.53. The minimum Gasteiger partial charge on any atom is -0.379 e. The minimum atomic E-state index is -3.47. The molecule has 2 aliphatic rings. The van der Waals surface area contributed by atoms with Gasteiger partial charge in [0.2, 0.25) is 10.0 Å². The molecule has 0 N–H and O–H groups in total. The summed E-state index contributed by atoms with van der Waals surface area (Å²) in [5.41, 5.74) is 2.04. The second kappa shape index (κ2) is 9.12. The molecule has 2 fully saturated rings. The number of thiazole rings is 1. The van der Waals surface area contributed by atoms with E-state index in [2.05, 4.69) is 16.9 Å². The SMILES string of the molecule is Cc1csc(=Nc2ccc(S(=O)(=O)N3CCOCC3)cc2)n1C1CCCCCC1. The quantitative estimate of drug-likeness (QED) is 0.682. The molecular weight excluding hydrogens is 406 g/mol. The molecule has 0 spiro atoms. The molecule has 0 bridgehead atoms. The molecule has 1 aromatic heterocycles. The van der Waals surface area contributed by atoms with Gasteiger partial charge in [0.1, 0.15) is 0 Å². The number of rotatable bonds is 4. The molecule has 29 heavy (non-hydrogen) atoms. The highest BCUT2D eigenvalue weighted by atomic mass is 32.2. The van der Waals surface area contributed by atoms with E-state index in [1.807, 2.05) is 0 Å². The van der Waals surface area contributed by atoms with Crippen LogP contribution in [-0.2, 0) is 14.8 Å². The Bertz CT molecular complexity index is 979. The van der Waals surface area contributed by atoms with Gasteiger partial charge < -0.3 is 9.30 Å². The monoisotopic (exact) mass is 435 g/mol. The van der Waals surface area contributed by atoms with Crippen LogP contribution < -0.4 is 4.80 Å². The molecule has 8 heteroatoms. The highest BCUT2D eigenvalue weighted by molar-refractivity contribution is 7.89. The van der Waals surface area contributed by atoms with Crippen LogP contribution in [0.15, 0.2) is 39.5 Å². The van der Waals surface area contributed by atoms with Gasteiger partial charge in [0.05, 0.1) is 23.8 Å². The summed E-state index contributed by atoms with van der Waals surface area (Å²) < 4.78 is 34.7. The Morgan fingerprint density at radius 3 is 2.34 bits per heavy atom. The van der Waals surface area contributed by atoms with Crippen molar-refractivity contribution < 1.29 is 13.2 Å². The van der Waals surface area contributed by atoms with Gasteiger partial charge in [-0.2, -0.15) is 4.31 Å². The van der Waals surface area contributed by atoms with Crippen LogP contribution in [0.25, 0.3) is 0 Å². The van der Waals surface area contributed by atoms with E-state index in [-0.39, 0.29) is 0 Å². The van der Waals surface area contributed by atoms with Crippen molar-refractivity contribution in [1.29, 1.82) is 0 Å². The summed E-state index contributed by atoms with van der Waals surface area (Å²) in [6.45, 7) is 3.87. The molecule has 1 saturated heterocycles. The van der Waals surface area contributed by atoms with Crippen molar-refractivity contribution in [1.82, 2.24) is 8.87 Å². The second-order valence-electron chi connectivity index (χ2n) is 7.80. The summed E-state index contributed by atoms with van der Waals surface area (Å²) in [6.07, 6.45) is 7.63. The predicted octanol–water partition coefficient (Wildman–Crippen LogP) is 4.01. The molecule has 1 aliphatic carbocycles. The number of sulfonamides is 1. The van der Waals surface area contributed by atoms with Crippen LogP contribution in [0.4, 0.5) is 5.69 Å². The molecule has 4 rings (SSSR count). The number of aryl methyl sites for hydroxylation is 1. The lowest BCUT2D eigenvalue weighted by molar-refractivity contribution is 0.0730. The van der Waals surface area contributed by atoms with Crippen LogP contribution in [-0.4, -0.2) is 43.6 Å². The summed E-state index contributed by atoms with van der Waals surface area (Å²) >= 11 is 1.66. The van der Waals surface area contributed by atoms with Gasteiger partial charge in [-0.15, -0.1) is 11.3 Å². The zero-order chi connectivity index (χ0) is 20.3. The fourth-order valence-electron chi connectivity index (χ4n) is 4.18. The number of nitrogens with zero attached hydrogens (tertiary/aromatic N) is 3. The Balaban J connectivity index is 1.60. The Hall–Kier alpha value is -1.48. The lowest BCUT2D eigenvalue weighted by Crippen LogP contribution is -2.40. The maximum absolute atomic E-state index is 12.8. The van der Waals surface area contributed by atoms with Crippen molar-refractivity contribution in [3.05, 3.63) is 40.1 Å². The topological polar surface area (TPSA) is 63.9 Å². The molecule has 1 aliphatic heterocycles. The molecule has 158 valence electrons. The lowest BCUT2D eigenvalue weighted by atomic mass is 10.1. The van der Waals surface area contributed by atoms with E-state index in [1.54, 1.807) is 35.6 Å². The van der Waals surface area contributed by atoms with Crippen molar-refractivity contribution in [2.45, 2.75) is 56.4 Å². The maximum atomic E-state index is 12.8. The first kappa shape index (κ1) is 20.8. The highest BCUT2D eigenvalue weighted by Gasteiger charge is 2.26. The summed E-state index contributed by atoms with van der Waals surface area (Å²) in [5, 5.41) is 2.17. The van der Waals surface area contributed by atoms with Gasteiger partial charge in [0, 0.05) is 30.2 Å². The predicted molar refractivity (Wildman–Crippen MR) is 115 cm³/mol. The van der Waals surface area contributed by atoms with Crippen molar-refractivity contribution >= 4 is 27.0 Å². The number of morpholine rings is 1. The Morgan fingerprint density at radius 1 is 1.03 bits per heavy atom. The third-order valence-electron chi connectivity index (χ3n) is 5.78. The number of hydrogen-bond acceptors (Lipinski definition) is 5. The largest absolute Gasteiger partial charge is 0.379 e. The average Bonchev–Trinajstić information content (AvgIpc) is 2.93. The average molecular weight is 436 g/mol. The molecule has 6 nitrogen and oxygen atoms in total. The first-order valence-corrected chi connectivity index (χ1v) is 12.8. The normalized spacial score (nSPS) is 20.7. The molecule has 0 unspecified atom stereocenters. The van der Waals surface area contributed by atoms with Gasteiger partial charge in [-0.1, -0.05) is 25.7 Å². The van der Waals surface area contributed by atoms with E-state index in [0.717, 1.165) is 10.5 Å². The third-order valence-corrected chi connectivity index (χ3v) is 8.65. The van der Waals surface area contributed by atoms with Crippen LogP contribution >= 0.6 is 11.3 Å². The van der Waals surface area contributed by atoms with E-state index in [0.29, 0.717) is 37.2 Å². The van der Waals surface area contributed by atoms with Gasteiger partial charge in [0.15, 0.2) is 4.80 Å². The van der Waals surface area contributed by atoms with Crippen LogP contribution in [0, 0.1) is 6.92 Å². The molecule has 1 aromatic carbocycles. The molecule has 2 aromatic rings. The molecular formula is C21H29N3O3S2. The van der Waals surface area contributed by atoms with Gasteiger partial charge >= 0.3 is 0 Å². The van der Waals surface area contributed by atoms with Crippen molar-refractivity contribution in [2.75, 3.05) is 26.3 Å². The van der Waals surface area contributed by atoms with E-state index in [9.17, 15) is 8.42 Å². The van der Waals surface area contributed by atoms with Gasteiger partial charge in [-0.05, 0) is 44.0 Å². The number of benzene rings is 1. The first-order chi connectivity index (χ1) is 14.1. The van der Waals surface area contributed by atoms with Crippen molar-refractivity contribution in [3.8, 4) is 0 Å². The van der Waals surface area contributed by atoms with E-state index in [4.69, 9.17) is 9.73 Å². The standard InChI is InChI=1S/C21H29N3O3S2/c1-17-16-28-21(24(17)19-6-4-2-3-5-7-19)22-18-8-10-20(11-9-18)29(25,26)23-12-14-27-15-13-23/h8-11,16,19H,2-7,12-15H2,1H3. The van der Waals surface area contributed by atoms with Crippen LogP contribution in [0.2, 0.25) is 0 Å². The highest BCUT2D eigenvalue weighted by Crippen LogP contribution is 2.28. The summed E-state index contributed by atoms with van der Waals surface area (Å²) in [7, 11) is -3.47. The zero-order valence-corrected chi connectivity index (χ0v) is 18.6. The number of ether oxygens (including phenoxy) is 1. The molecule has 0 atom stereocenters.